The number of carbonyl (C=O) groups excluding carboxylic acids is 2. The number of thioether (sulfide) groups is 1. The standard InChI is InChI=1S/C16H19N5O2S/c1-9(22)11-5-7-13(8-6-11)18-15(23)10(2)24-16-20-19-14(21(16)17)12-3-4-12/h5-8,10,12H,3-4,17H2,1-2H3,(H,18,23)/t10-/m0/s1. The maximum Gasteiger partial charge on any atom is 0.237 e. The van der Waals surface area contributed by atoms with Crippen LogP contribution < -0.4 is 11.2 Å². The van der Waals surface area contributed by atoms with Crippen molar-refractivity contribution in [1.29, 1.82) is 0 Å². The normalized spacial score (nSPS) is 15.1. The number of Topliss-reactive ketones (excluding diaryl/α,β-unsaturated/α-hetero) is 1. The van der Waals surface area contributed by atoms with E-state index in [1.54, 1.807) is 31.2 Å². The molecule has 1 fully saturated rings. The predicted octanol–water partition coefficient (Wildman–Crippen LogP) is 2.19. The second-order valence-electron chi connectivity index (χ2n) is 5.87. The van der Waals surface area contributed by atoms with Gasteiger partial charge in [0, 0.05) is 17.2 Å². The summed E-state index contributed by atoms with van der Waals surface area (Å²) in [4.78, 5) is 23.6. The minimum atomic E-state index is -0.379. The molecular formula is C16H19N5O2S. The first kappa shape index (κ1) is 16.5. The molecule has 126 valence electrons. The number of aromatic nitrogens is 3. The van der Waals surface area contributed by atoms with Crippen LogP contribution >= 0.6 is 11.8 Å². The Labute approximate surface area is 144 Å². The number of hydrogen-bond donors (Lipinski definition) is 2. The van der Waals surface area contributed by atoms with Crippen LogP contribution in [0.2, 0.25) is 0 Å². The molecule has 1 heterocycles. The lowest BCUT2D eigenvalue weighted by atomic mass is 10.1. The van der Waals surface area contributed by atoms with Gasteiger partial charge in [0.05, 0.1) is 5.25 Å². The molecule has 2 aromatic rings. The molecule has 0 bridgehead atoms. The molecule has 0 aliphatic heterocycles. The van der Waals surface area contributed by atoms with E-state index in [2.05, 4.69) is 15.5 Å². The monoisotopic (exact) mass is 345 g/mol. The van der Waals surface area contributed by atoms with Crippen molar-refractivity contribution in [3.63, 3.8) is 0 Å². The Morgan fingerprint density at radius 1 is 1.29 bits per heavy atom. The van der Waals surface area contributed by atoms with E-state index < -0.39 is 0 Å². The molecule has 0 spiro atoms. The maximum absolute atomic E-state index is 12.3. The first-order valence-electron chi connectivity index (χ1n) is 7.74. The Hall–Kier alpha value is -2.35. The lowest BCUT2D eigenvalue weighted by Gasteiger charge is -2.11. The van der Waals surface area contributed by atoms with E-state index in [1.165, 1.54) is 23.4 Å². The van der Waals surface area contributed by atoms with E-state index in [0.717, 1.165) is 18.7 Å². The van der Waals surface area contributed by atoms with Crippen LogP contribution in [-0.4, -0.2) is 31.8 Å². The zero-order valence-electron chi connectivity index (χ0n) is 13.5. The van der Waals surface area contributed by atoms with E-state index in [1.807, 2.05) is 0 Å². The molecule has 0 saturated heterocycles. The van der Waals surface area contributed by atoms with Crippen LogP contribution in [0.1, 0.15) is 48.8 Å². The fourth-order valence-corrected chi connectivity index (χ4v) is 3.01. The molecule has 1 amide bonds. The van der Waals surface area contributed by atoms with Gasteiger partial charge in [0.15, 0.2) is 11.6 Å². The average Bonchev–Trinajstić information content (AvgIpc) is 3.33. The highest BCUT2D eigenvalue weighted by molar-refractivity contribution is 8.00. The molecule has 0 unspecified atom stereocenters. The third-order valence-electron chi connectivity index (χ3n) is 3.84. The largest absolute Gasteiger partial charge is 0.336 e. The Balaban J connectivity index is 1.61. The first-order chi connectivity index (χ1) is 11.5. The van der Waals surface area contributed by atoms with Gasteiger partial charge in [-0.2, -0.15) is 0 Å². The summed E-state index contributed by atoms with van der Waals surface area (Å²) in [5.74, 6) is 7.01. The number of ketones is 1. The third kappa shape index (κ3) is 3.59. The SMILES string of the molecule is CC(=O)c1ccc(NC(=O)[C@H](C)Sc2nnc(C3CC3)n2N)cc1. The summed E-state index contributed by atoms with van der Waals surface area (Å²) in [5, 5.41) is 11.1. The van der Waals surface area contributed by atoms with Crippen LogP contribution in [-0.2, 0) is 4.79 Å². The predicted molar refractivity (Wildman–Crippen MR) is 92.5 cm³/mol. The van der Waals surface area contributed by atoms with E-state index in [0.29, 0.717) is 22.3 Å². The Bertz CT molecular complexity index is 767. The smallest absolute Gasteiger partial charge is 0.237 e. The van der Waals surface area contributed by atoms with Crippen molar-refractivity contribution in [2.45, 2.75) is 43.0 Å². The summed E-state index contributed by atoms with van der Waals surface area (Å²) in [6.07, 6.45) is 2.18. The highest BCUT2D eigenvalue weighted by atomic mass is 32.2. The van der Waals surface area contributed by atoms with E-state index in [4.69, 9.17) is 5.84 Å². The van der Waals surface area contributed by atoms with Crippen LogP contribution in [0.3, 0.4) is 0 Å². The van der Waals surface area contributed by atoms with Crippen molar-refractivity contribution in [2.75, 3.05) is 11.2 Å². The van der Waals surface area contributed by atoms with Crippen molar-refractivity contribution in [3.05, 3.63) is 35.7 Å². The molecule has 1 atom stereocenters. The van der Waals surface area contributed by atoms with Crippen molar-refractivity contribution < 1.29 is 9.59 Å². The molecule has 1 aromatic heterocycles. The number of anilines is 1. The zero-order chi connectivity index (χ0) is 17.3. The van der Waals surface area contributed by atoms with E-state index in [-0.39, 0.29) is 16.9 Å². The summed E-state index contributed by atoms with van der Waals surface area (Å²) in [6, 6.07) is 6.80. The molecule has 3 N–H and O–H groups in total. The minimum absolute atomic E-state index is 0.00875. The number of nitrogens with zero attached hydrogens (tertiary/aromatic N) is 3. The summed E-state index contributed by atoms with van der Waals surface area (Å²) in [7, 11) is 0. The van der Waals surface area contributed by atoms with Crippen molar-refractivity contribution in [2.24, 2.45) is 0 Å². The van der Waals surface area contributed by atoms with Gasteiger partial charge in [0.1, 0.15) is 0 Å². The number of amides is 1. The fourth-order valence-electron chi connectivity index (χ4n) is 2.23. The number of nitrogen functional groups attached to an aromatic ring is 1. The topological polar surface area (TPSA) is 103 Å². The number of carbonyl (C=O) groups is 2. The Morgan fingerprint density at radius 2 is 1.96 bits per heavy atom. The molecule has 1 aromatic carbocycles. The number of hydrogen-bond acceptors (Lipinski definition) is 6. The van der Waals surface area contributed by atoms with Crippen molar-refractivity contribution >= 4 is 29.1 Å². The van der Waals surface area contributed by atoms with Gasteiger partial charge in [-0.3, -0.25) is 9.59 Å². The summed E-state index contributed by atoms with van der Waals surface area (Å²) < 4.78 is 1.48. The molecule has 7 nitrogen and oxygen atoms in total. The first-order valence-corrected chi connectivity index (χ1v) is 8.62. The highest BCUT2D eigenvalue weighted by Gasteiger charge is 2.30. The summed E-state index contributed by atoms with van der Waals surface area (Å²) in [5.41, 5.74) is 1.25. The molecule has 1 saturated carbocycles. The maximum atomic E-state index is 12.3. The fraction of sp³-hybridized carbons (Fsp3) is 0.375. The van der Waals surface area contributed by atoms with Crippen LogP contribution in [0.25, 0.3) is 0 Å². The molecule has 8 heteroatoms. The zero-order valence-corrected chi connectivity index (χ0v) is 14.3. The number of rotatable bonds is 6. The van der Waals surface area contributed by atoms with Gasteiger partial charge in [-0.15, -0.1) is 10.2 Å². The summed E-state index contributed by atoms with van der Waals surface area (Å²) in [6.45, 7) is 3.29. The Morgan fingerprint density at radius 3 is 2.54 bits per heavy atom. The lowest BCUT2D eigenvalue weighted by molar-refractivity contribution is -0.115. The van der Waals surface area contributed by atoms with Crippen LogP contribution in [0, 0.1) is 0 Å². The quantitative estimate of drug-likeness (QED) is 0.472. The van der Waals surface area contributed by atoms with Gasteiger partial charge in [-0.05, 0) is 51.0 Å². The Kier molecular flexibility index (Phi) is 4.57. The lowest BCUT2D eigenvalue weighted by Crippen LogP contribution is -2.23. The van der Waals surface area contributed by atoms with Crippen LogP contribution in [0.5, 0.6) is 0 Å². The third-order valence-corrected chi connectivity index (χ3v) is 4.90. The molecule has 24 heavy (non-hydrogen) atoms. The number of nitrogens with two attached hydrogens (primary N) is 1. The van der Waals surface area contributed by atoms with Gasteiger partial charge in [0.2, 0.25) is 11.1 Å². The van der Waals surface area contributed by atoms with Gasteiger partial charge >= 0.3 is 0 Å². The van der Waals surface area contributed by atoms with Gasteiger partial charge < -0.3 is 11.2 Å². The summed E-state index contributed by atoms with van der Waals surface area (Å²) >= 11 is 1.27. The molecule has 1 aliphatic rings. The van der Waals surface area contributed by atoms with Crippen LogP contribution in [0.15, 0.2) is 29.4 Å². The number of benzene rings is 1. The molecule has 0 radical (unpaired) electrons. The minimum Gasteiger partial charge on any atom is -0.336 e. The second kappa shape index (κ2) is 6.64. The van der Waals surface area contributed by atoms with Gasteiger partial charge in [-0.1, -0.05) is 11.8 Å². The van der Waals surface area contributed by atoms with Crippen LogP contribution in [0.4, 0.5) is 5.69 Å². The van der Waals surface area contributed by atoms with Gasteiger partial charge in [0.25, 0.3) is 0 Å². The van der Waals surface area contributed by atoms with E-state index in [9.17, 15) is 9.59 Å². The number of nitrogens with one attached hydrogen (secondary N) is 1. The molecular weight excluding hydrogens is 326 g/mol. The molecule has 1 aliphatic carbocycles. The second-order valence-corrected chi connectivity index (χ2v) is 7.18. The van der Waals surface area contributed by atoms with E-state index >= 15 is 0 Å². The average molecular weight is 345 g/mol. The van der Waals surface area contributed by atoms with Crippen molar-refractivity contribution in [1.82, 2.24) is 14.9 Å². The molecule has 3 rings (SSSR count). The van der Waals surface area contributed by atoms with Gasteiger partial charge in [-0.25, -0.2) is 4.68 Å². The highest BCUT2D eigenvalue weighted by Crippen LogP contribution is 2.39. The van der Waals surface area contributed by atoms with Crippen molar-refractivity contribution in [3.8, 4) is 0 Å².